The standard InChI is InChI=1S/C14H26N4S/c1-6-15-9-12-13(18(4)7-8-19-5)10-16-14(17-12)11(2)3/h10-11,15H,6-9H2,1-5H3. The minimum atomic E-state index is 0.367. The Bertz CT molecular complexity index is 382. The highest BCUT2D eigenvalue weighted by Crippen LogP contribution is 2.19. The van der Waals surface area contributed by atoms with Crippen LogP contribution < -0.4 is 10.2 Å². The first-order valence-electron chi connectivity index (χ1n) is 6.86. The fourth-order valence-electron chi connectivity index (χ4n) is 1.75. The van der Waals surface area contributed by atoms with E-state index in [1.165, 1.54) is 0 Å². The number of nitrogens with one attached hydrogen (secondary N) is 1. The smallest absolute Gasteiger partial charge is 0.131 e. The molecule has 0 unspecified atom stereocenters. The first kappa shape index (κ1) is 16.2. The predicted octanol–water partition coefficient (Wildman–Crippen LogP) is 2.51. The quantitative estimate of drug-likeness (QED) is 0.793. The van der Waals surface area contributed by atoms with E-state index in [4.69, 9.17) is 4.98 Å². The Kier molecular flexibility index (Phi) is 7.16. The molecule has 1 aromatic rings. The van der Waals surface area contributed by atoms with E-state index in [1.54, 1.807) is 0 Å². The number of rotatable bonds is 8. The van der Waals surface area contributed by atoms with Crippen molar-refractivity contribution in [3.05, 3.63) is 17.7 Å². The molecule has 0 amide bonds. The molecule has 19 heavy (non-hydrogen) atoms. The van der Waals surface area contributed by atoms with Gasteiger partial charge >= 0.3 is 0 Å². The third kappa shape index (κ3) is 4.99. The van der Waals surface area contributed by atoms with Gasteiger partial charge in [0.2, 0.25) is 0 Å². The van der Waals surface area contributed by atoms with Crippen molar-refractivity contribution in [1.82, 2.24) is 15.3 Å². The molecule has 0 bridgehead atoms. The highest BCUT2D eigenvalue weighted by atomic mass is 32.2. The van der Waals surface area contributed by atoms with E-state index in [2.05, 4.69) is 49.3 Å². The highest BCUT2D eigenvalue weighted by Gasteiger charge is 2.12. The molecule has 0 saturated carbocycles. The van der Waals surface area contributed by atoms with Crippen LogP contribution in [0.2, 0.25) is 0 Å². The van der Waals surface area contributed by atoms with Gasteiger partial charge in [-0.3, -0.25) is 0 Å². The van der Waals surface area contributed by atoms with Crippen LogP contribution in [0.5, 0.6) is 0 Å². The van der Waals surface area contributed by atoms with Crippen LogP contribution in [0.1, 0.15) is 38.2 Å². The van der Waals surface area contributed by atoms with Crippen molar-refractivity contribution in [2.75, 3.05) is 37.0 Å². The summed E-state index contributed by atoms with van der Waals surface area (Å²) in [7, 11) is 2.11. The molecule has 0 aromatic carbocycles. The molecule has 4 nitrogen and oxygen atoms in total. The molecule has 1 aromatic heterocycles. The van der Waals surface area contributed by atoms with Crippen LogP contribution in [0.4, 0.5) is 5.69 Å². The molecule has 5 heteroatoms. The molecular formula is C14H26N4S. The fourth-order valence-corrected chi connectivity index (χ4v) is 2.20. The third-order valence-corrected chi connectivity index (χ3v) is 3.56. The van der Waals surface area contributed by atoms with E-state index >= 15 is 0 Å². The number of thioether (sulfide) groups is 1. The molecule has 0 radical (unpaired) electrons. The molecule has 0 aliphatic rings. The van der Waals surface area contributed by atoms with E-state index in [0.717, 1.165) is 42.6 Å². The average Bonchev–Trinajstić information content (AvgIpc) is 2.42. The summed E-state index contributed by atoms with van der Waals surface area (Å²) < 4.78 is 0. The predicted molar refractivity (Wildman–Crippen MR) is 85.2 cm³/mol. The Balaban J connectivity index is 2.93. The summed E-state index contributed by atoms with van der Waals surface area (Å²) in [4.78, 5) is 11.4. The van der Waals surface area contributed by atoms with E-state index in [-0.39, 0.29) is 0 Å². The Morgan fingerprint density at radius 2 is 2.16 bits per heavy atom. The molecule has 1 heterocycles. The highest BCUT2D eigenvalue weighted by molar-refractivity contribution is 7.98. The second-order valence-electron chi connectivity index (χ2n) is 4.91. The number of hydrogen-bond acceptors (Lipinski definition) is 5. The van der Waals surface area contributed by atoms with Gasteiger partial charge < -0.3 is 10.2 Å². The van der Waals surface area contributed by atoms with Gasteiger partial charge in [-0.25, -0.2) is 9.97 Å². The van der Waals surface area contributed by atoms with Crippen molar-refractivity contribution >= 4 is 17.4 Å². The van der Waals surface area contributed by atoms with E-state index < -0.39 is 0 Å². The van der Waals surface area contributed by atoms with Crippen LogP contribution in [-0.4, -0.2) is 42.1 Å². The lowest BCUT2D eigenvalue weighted by Crippen LogP contribution is -2.25. The normalized spacial score (nSPS) is 11.1. The maximum Gasteiger partial charge on any atom is 0.131 e. The summed E-state index contributed by atoms with van der Waals surface area (Å²) in [5, 5.41) is 3.36. The van der Waals surface area contributed by atoms with Gasteiger partial charge in [0.25, 0.3) is 0 Å². The maximum absolute atomic E-state index is 4.72. The maximum atomic E-state index is 4.72. The molecular weight excluding hydrogens is 256 g/mol. The number of nitrogens with zero attached hydrogens (tertiary/aromatic N) is 3. The molecule has 1 rings (SSSR count). The summed E-state index contributed by atoms with van der Waals surface area (Å²) in [6, 6.07) is 0. The van der Waals surface area contributed by atoms with Crippen molar-refractivity contribution in [2.24, 2.45) is 0 Å². The molecule has 0 atom stereocenters. The molecule has 0 spiro atoms. The Hall–Kier alpha value is -0.810. The van der Waals surface area contributed by atoms with Crippen LogP contribution >= 0.6 is 11.8 Å². The Morgan fingerprint density at radius 3 is 2.74 bits per heavy atom. The van der Waals surface area contributed by atoms with Crippen LogP contribution in [-0.2, 0) is 6.54 Å². The van der Waals surface area contributed by atoms with Crippen LogP contribution in [0.3, 0.4) is 0 Å². The first-order chi connectivity index (χ1) is 9.10. The summed E-state index contributed by atoms with van der Waals surface area (Å²) in [6.45, 7) is 9.14. The van der Waals surface area contributed by atoms with Crippen LogP contribution in [0.15, 0.2) is 6.20 Å². The zero-order chi connectivity index (χ0) is 14.3. The minimum absolute atomic E-state index is 0.367. The summed E-state index contributed by atoms with van der Waals surface area (Å²) >= 11 is 1.86. The van der Waals surface area contributed by atoms with Gasteiger partial charge in [0.1, 0.15) is 5.82 Å². The van der Waals surface area contributed by atoms with Gasteiger partial charge in [-0.2, -0.15) is 11.8 Å². The van der Waals surface area contributed by atoms with Crippen molar-refractivity contribution < 1.29 is 0 Å². The molecule has 1 N–H and O–H groups in total. The lowest BCUT2D eigenvalue weighted by Gasteiger charge is -2.22. The first-order valence-corrected chi connectivity index (χ1v) is 8.26. The van der Waals surface area contributed by atoms with Gasteiger partial charge in [0.15, 0.2) is 0 Å². The van der Waals surface area contributed by atoms with E-state index in [1.807, 2.05) is 18.0 Å². The van der Waals surface area contributed by atoms with Crippen molar-refractivity contribution in [2.45, 2.75) is 33.2 Å². The average molecular weight is 282 g/mol. The monoisotopic (exact) mass is 282 g/mol. The second kappa shape index (κ2) is 8.38. The minimum Gasteiger partial charge on any atom is -0.371 e. The summed E-state index contributed by atoms with van der Waals surface area (Å²) in [5.41, 5.74) is 2.24. The van der Waals surface area contributed by atoms with Gasteiger partial charge in [-0.1, -0.05) is 20.8 Å². The molecule has 108 valence electrons. The third-order valence-electron chi connectivity index (χ3n) is 2.97. The van der Waals surface area contributed by atoms with Crippen molar-refractivity contribution in [3.8, 4) is 0 Å². The fraction of sp³-hybridized carbons (Fsp3) is 0.714. The SMILES string of the molecule is CCNCc1nc(C(C)C)ncc1N(C)CCSC. The zero-order valence-corrected chi connectivity index (χ0v) is 13.5. The second-order valence-corrected chi connectivity index (χ2v) is 5.90. The molecule has 0 saturated heterocycles. The van der Waals surface area contributed by atoms with Gasteiger partial charge in [0, 0.05) is 31.8 Å². The molecule has 0 fully saturated rings. The summed E-state index contributed by atoms with van der Waals surface area (Å²) in [6.07, 6.45) is 4.10. The van der Waals surface area contributed by atoms with Gasteiger partial charge in [0.05, 0.1) is 17.6 Å². The zero-order valence-electron chi connectivity index (χ0n) is 12.7. The van der Waals surface area contributed by atoms with Crippen molar-refractivity contribution in [1.29, 1.82) is 0 Å². The number of hydrogen-bond donors (Lipinski definition) is 1. The lowest BCUT2D eigenvalue weighted by molar-refractivity contribution is 0.683. The van der Waals surface area contributed by atoms with Crippen LogP contribution in [0.25, 0.3) is 0 Å². The topological polar surface area (TPSA) is 41.1 Å². The number of aromatic nitrogens is 2. The molecule has 0 aliphatic carbocycles. The molecule has 0 aliphatic heterocycles. The van der Waals surface area contributed by atoms with E-state index in [9.17, 15) is 0 Å². The Labute approximate surface area is 121 Å². The lowest BCUT2D eigenvalue weighted by atomic mass is 10.2. The number of anilines is 1. The largest absolute Gasteiger partial charge is 0.371 e. The Morgan fingerprint density at radius 1 is 1.42 bits per heavy atom. The van der Waals surface area contributed by atoms with Crippen molar-refractivity contribution in [3.63, 3.8) is 0 Å². The van der Waals surface area contributed by atoms with E-state index in [0.29, 0.717) is 5.92 Å². The van der Waals surface area contributed by atoms with Gasteiger partial charge in [-0.05, 0) is 12.8 Å². The summed E-state index contributed by atoms with van der Waals surface area (Å²) in [5.74, 6) is 2.41. The van der Waals surface area contributed by atoms with Crippen LogP contribution in [0, 0.1) is 0 Å². The van der Waals surface area contributed by atoms with Gasteiger partial charge in [-0.15, -0.1) is 0 Å².